The number of ether oxygens (including phenoxy) is 1. The lowest BCUT2D eigenvalue weighted by Gasteiger charge is -2.13. The highest BCUT2D eigenvalue weighted by atomic mass is 35.5. The molecule has 0 aliphatic carbocycles. The lowest BCUT2D eigenvalue weighted by molar-refractivity contribution is 0.0953. The smallest absolute Gasteiger partial charge is 0.251 e. The molecule has 0 unspecified atom stereocenters. The summed E-state index contributed by atoms with van der Waals surface area (Å²) in [4.78, 5) is 17.3. The van der Waals surface area contributed by atoms with Gasteiger partial charge in [0, 0.05) is 34.1 Å². The van der Waals surface area contributed by atoms with Crippen LogP contribution in [0, 0.1) is 0 Å². The SMILES string of the molecule is COc1cccc(C(=O)NCCc2nc3ccccc3n2Cc2c(Cl)cccc2Cl)c1. The number of aromatic nitrogens is 2. The van der Waals surface area contributed by atoms with Gasteiger partial charge < -0.3 is 14.6 Å². The molecular formula is C24H21Cl2N3O2. The normalized spacial score (nSPS) is 10.9. The largest absolute Gasteiger partial charge is 0.497 e. The van der Waals surface area contributed by atoms with Crippen LogP contribution in [-0.2, 0) is 13.0 Å². The molecule has 1 heterocycles. The molecule has 7 heteroatoms. The number of carbonyl (C=O) groups excluding carboxylic acids is 1. The Morgan fingerprint density at radius 3 is 2.55 bits per heavy atom. The van der Waals surface area contributed by atoms with E-state index in [1.54, 1.807) is 31.4 Å². The first-order valence-corrected chi connectivity index (χ1v) is 10.6. The first-order chi connectivity index (χ1) is 15.1. The zero-order valence-corrected chi connectivity index (χ0v) is 18.5. The second-order valence-electron chi connectivity index (χ2n) is 7.04. The van der Waals surface area contributed by atoms with Gasteiger partial charge in [-0.15, -0.1) is 0 Å². The van der Waals surface area contributed by atoms with Crippen molar-refractivity contribution in [2.45, 2.75) is 13.0 Å². The van der Waals surface area contributed by atoms with Crippen molar-refractivity contribution < 1.29 is 9.53 Å². The molecule has 0 radical (unpaired) electrons. The van der Waals surface area contributed by atoms with E-state index in [-0.39, 0.29) is 5.91 Å². The quantitative estimate of drug-likeness (QED) is 0.408. The molecule has 4 rings (SSSR count). The number of amides is 1. The van der Waals surface area contributed by atoms with Crippen molar-refractivity contribution in [3.63, 3.8) is 0 Å². The van der Waals surface area contributed by atoms with E-state index < -0.39 is 0 Å². The van der Waals surface area contributed by atoms with E-state index in [1.807, 2.05) is 42.5 Å². The van der Waals surface area contributed by atoms with E-state index in [9.17, 15) is 4.79 Å². The maximum absolute atomic E-state index is 12.5. The molecule has 1 amide bonds. The molecule has 1 aromatic heterocycles. The van der Waals surface area contributed by atoms with Crippen LogP contribution in [0.5, 0.6) is 5.75 Å². The maximum atomic E-state index is 12.5. The number of rotatable bonds is 7. The van der Waals surface area contributed by atoms with Gasteiger partial charge in [-0.1, -0.05) is 47.5 Å². The predicted molar refractivity (Wildman–Crippen MR) is 124 cm³/mol. The highest BCUT2D eigenvalue weighted by Crippen LogP contribution is 2.27. The predicted octanol–water partition coefficient (Wildman–Crippen LogP) is 5.37. The van der Waals surface area contributed by atoms with Crippen LogP contribution >= 0.6 is 23.2 Å². The Morgan fingerprint density at radius 1 is 1.03 bits per heavy atom. The van der Waals surface area contributed by atoms with Crippen LogP contribution < -0.4 is 10.1 Å². The third kappa shape index (κ3) is 4.68. The van der Waals surface area contributed by atoms with Crippen molar-refractivity contribution in [1.29, 1.82) is 0 Å². The van der Waals surface area contributed by atoms with Gasteiger partial charge in [0.15, 0.2) is 0 Å². The number of methoxy groups -OCH3 is 1. The molecule has 158 valence electrons. The van der Waals surface area contributed by atoms with Gasteiger partial charge in [-0.05, 0) is 42.5 Å². The summed E-state index contributed by atoms with van der Waals surface area (Å²) in [6.45, 7) is 0.938. The second-order valence-corrected chi connectivity index (χ2v) is 7.86. The Hall–Kier alpha value is -3.02. The van der Waals surface area contributed by atoms with Gasteiger partial charge in [-0.25, -0.2) is 4.98 Å². The summed E-state index contributed by atoms with van der Waals surface area (Å²) in [6.07, 6.45) is 0.562. The summed E-state index contributed by atoms with van der Waals surface area (Å²) in [6, 6.07) is 20.5. The van der Waals surface area contributed by atoms with E-state index in [0.717, 1.165) is 22.4 Å². The highest BCUT2D eigenvalue weighted by molar-refractivity contribution is 6.36. The maximum Gasteiger partial charge on any atom is 0.251 e. The zero-order valence-electron chi connectivity index (χ0n) is 16.9. The number of hydrogen-bond acceptors (Lipinski definition) is 3. The van der Waals surface area contributed by atoms with Gasteiger partial charge >= 0.3 is 0 Å². The molecular weight excluding hydrogens is 433 g/mol. The average Bonchev–Trinajstić information content (AvgIpc) is 3.13. The Kier molecular flexibility index (Phi) is 6.44. The number of carbonyl (C=O) groups is 1. The number of fused-ring (bicyclic) bond motifs is 1. The molecule has 1 N–H and O–H groups in total. The molecule has 0 fully saturated rings. The lowest BCUT2D eigenvalue weighted by atomic mass is 10.2. The topological polar surface area (TPSA) is 56.1 Å². The van der Waals surface area contributed by atoms with Gasteiger partial charge in [0.1, 0.15) is 11.6 Å². The third-order valence-corrected chi connectivity index (χ3v) is 5.79. The number of nitrogens with zero attached hydrogens (tertiary/aromatic N) is 2. The second kappa shape index (κ2) is 9.41. The minimum Gasteiger partial charge on any atom is -0.497 e. The van der Waals surface area contributed by atoms with E-state index in [1.165, 1.54) is 0 Å². The molecule has 3 aromatic carbocycles. The van der Waals surface area contributed by atoms with Crippen LogP contribution in [-0.4, -0.2) is 29.1 Å². The molecule has 0 spiro atoms. The van der Waals surface area contributed by atoms with Crippen molar-refractivity contribution in [3.05, 3.63) is 93.7 Å². The van der Waals surface area contributed by atoms with E-state index >= 15 is 0 Å². The first kappa shape index (κ1) is 21.2. The summed E-state index contributed by atoms with van der Waals surface area (Å²) in [7, 11) is 1.58. The monoisotopic (exact) mass is 453 g/mol. The Morgan fingerprint density at radius 2 is 1.77 bits per heavy atom. The summed E-state index contributed by atoms with van der Waals surface area (Å²) in [5.41, 5.74) is 3.28. The van der Waals surface area contributed by atoms with E-state index in [0.29, 0.717) is 40.9 Å². The number of nitrogens with one attached hydrogen (secondary N) is 1. The van der Waals surface area contributed by atoms with E-state index in [2.05, 4.69) is 9.88 Å². The molecule has 5 nitrogen and oxygen atoms in total. The molecule has 0 aliphatic heterocycles. The summed E-state index contributed by atoms with van der Waals surface area (Å²) < 4.78 is 7.29. The Balaban J connectivity index is 1.55. The number of para-hydroxylation sites is 2. The summed E-state index contributed by atoms with van der Waals surface area (Å²) >= 11 is 12.8. The van der Waals surface area contributed by atoms with Crippen LogP contribution in [0.4, 0.5) is 0 Å². The molecule has 31 heavy (non-hydrogen) atoms. The fourth-order valence-corrected chi connectivity index (χ4v) is 4.01. The number of halogens is 2. The summed E-state index contributed by atoms with van der Waals surface area (Å²) in [5, 5.41) is 4.18. The highest BCUT2D eigenvalue weighted by Gasteiger charge is 2.15. The number of imidazole rings is 1. The van der Waals surface area contributed by atoms with Gasteiger partial charge in [-0.2, -0.15) is 0 Å². The van der Waals surface area contributed by atoms with Crippen molar-refractivity contribution in [1.82, 2.24) is 14.9 Å². The standard InChI is InChI=1S/C24H21Cl2N3O2/c1-31-17-7-4-6-16(14-17)24(30)27-13-12-23-28-21-10-2-3-11-22(21)29(23)15-18-19(25)8-5-9-20(18)26/h2-11,14H,12-13,15H2,1H3,(H,27,30). The van der Waals surface area contributed by atoms with Gasteiger partial charge in [-0.3, -0.25) is 4.79 Å². The molecule has 0 atom stereocenters. The minimum atomic E-state index is -0.157. The van der Waals surface area contributed by atoms with Crippen LogP contribution in [0.2, 0.25) is 10.0 Å². The van der Waals surface area contributed by atoms with Crippen molar-refractivity contribution in [3.8, 4) is 5.75 Å². The fourth-order valence-electron chi connectivity index (χ4n) is 3.49. The zero-order chi connectivity index (χ0) is 21.8. The van der Waals surface area contributed by atoms with Crippen LogP contribution in [0.1, 0.15) is 21.7 Å². The molecule has 0 aliphatic rings. The van der Waals surface area contributed by atoms with Crippen LogP contribution in [0.15, 0.2) is 66.7 Å². The molecule has 4 aromatic rings. The molecule has 0 saturated carbocycles. The number of benzene rings is 3. The molecule has 0 saturated heterocycles. The minimum absolute atomic E-state index is 0.157. The van der Waals surface area contributed by atoms with E-state index in [4.69, 9.17) is 32.9 Å². The van der Waals surface area contributed by atoms with Crippen molar-refractivity contribution in [2.24, 2.45) is 0 Å². The van der Waals surface area contributed by atoms with Gasteiger partial charge in [0.25, 0.3) is 5.91 Å². The Bertz CT molecular complexity index is 1220. The molecule has 0 bridgehead atoms. The van der Waals surface area contributed by atoms with Gasteiger partial charge in [0.2, 0.25) is 0 Å². The average molecular weight is 454 g/mol. The van der Waals surface area contributed by atoms with Crippen LogP contribution in [0.25, 0.3) is 11.0 Å². The first-order valence-electron chi connectivity index (χ1n) is 9.86. The van der Waals surface area contributed by atoms with Crippen LogP contribution in [0.3, 0.4) is 0 Å². The van der Waals surface area contributed by atoms with Crippen molar-refractivity contribution in [2.75, 3.05) is 13.7 Å². The fraction of sp³-hybridized carbons (Fsp3) is 0.167. The number of hydrogen-bond donors (Lipinski definition) is 1. The summed E-state index contributed by atoms with van der Waals surface area (Å²) in [5.74, 6) is 1.34. The van der Waals surface area contributed by atoms with Crippen molar-refractivity contribution >= 4 is 40.1 Å². The van der Waals surface area contributed by atoms with Gasteiger partial charge in [0.05, 0.1) is 24.7 Å². The lowest BCUT2D eigenvalue weighted by Crippen LogP contribution is -2.26. The Labute approximate surface area is 190 Å². The third-order valence-electron chi connectivity index (χ3n) is 5.08.